The average molecular weight is 483 g/mol. The van der Waals surface area contributed by atoms with E-state index in [1.807, 2.05) is 20.8 Å². The molecular formula is C24H24F3N7O. The van der Waals surface area contributed by atoms with E-state index in [2.05, 4.69) is 31.1 Å². The molecule has 2 aromatic heterocycles. The van der Waals surface area contributed by atoms with Crippen molar-refractivity contribution in [2.24, 2.45) is 0 Å². The molecule has 4 rings (SSSR count). The molecule has 8 nitrogen and oxygen atoms in total. The van der Waals surface area contributed by atoms with Crippen LogP contribution in [0.2, 0.25) is 0 Å². The van der Waals surface area contributed by atoms with E-state index in [4.69, 9.17) is 0 Å². The van der Waals surface area contributed by atoms with Gasteiger partial charge in [-0.25, -0.2) is 4.68 Å². The second-order valence-electron chi connectivity index (χ2n) is 8.11. The predicted octanol–water partition coefficient (Wildman–Crippen LogP) is 4.65. The van der Waals surface area contributed by atoms with Crippen molar-refractivity contribution in [3.8, 4) is 16.9 Å². The molecule has 2 aromatic carbocycles. The Morgan fingerprint density at radius 2 is 1.94 bits per heavy atom. The van der Waals surface area contributed by atoms with Crippen molar-refractivity contribution in [1.29, 1.82) is 0 Å². The molecule has 35 heavy (non-hydrogen) atoms. The molecule has 1 amide bonds. The fourth-order valence-corrected chi connectivity index (χ4v) is 3.61. The highest BCUT2D eigenvalue weighted by Gasteiger charge is 2.31. The van der Waals surface area contributed by atoms with E-state index < -0.39 is 17.6 Å². The van der Waals surface area contributed by atoms with Gasteiger partial charge < -0.3 is 10.6 Å². The van der Waals surface area contributed by atoms with Gasteiger partial charge in [0.1, 0.15) is 5.69 Å². The first kappa shape index (κ1) is 24.1. The Balaban J connectivity index is 1.61. The van der Waals surface area contributed by atoms with Crippen LogP contribution in [0.3, 0.4) is 0 Å². The number of aryl methyl sites for hydroxylation is 2. The first-order chi connectivity index (χ1) is 16.7. The normalized spacial score (nSPS) is 11.6. The number of aromatic amines is 1. The van der Waals surface area contributed by atoms with Crippen LogP contribution in [0.15, 0.2) is 48.8 Å². The Morgan fingerprint density at radius 1 is 1.14 bits per heavy atom. The molecule has 0 bridgehead atoms. The van der Waals surface area contributed by atoms with Gasteiger partial charge in [-0.05, 0) is 61.9 Å². The molecule has 0 aliphatic heterocycles. The highest BCUT2D eigenvalue weighted by atomic mass is 19.4. The van der Waals surface area contributed by atoms with E-state index in [1.54, 1.807) is 35.3 Å². The number of aromatic nitrogens is 5. The zero-order chi connectivity index (χ0) is 25.2. The Bertz CT molecular complexity index is 1360. The lowest BCUT2D eigenvalue weighted by Crippen LogP contribution is -2.16. The second-order valence-corrected chi connectivity index (χ2v) is 8.11. The van der Waals surface area contributed by atoms with Crippen molar-refractivity contribution >= 4 is 11.6 Å². The number of halogens is 3. The van der Waals surface area contributed by atoms with E-state index in [9.17, 15) is 18.0 Å². The first-order valence-electron chi connectivity index (χ1n) is 10.9. The minimum atomic E-state index is -4.53. The lowest BCUT2D eigenvalue weighted by atomic mass is 10.1. The molecule has 0 aliphatic carbocycles. The second kappa shape index (κ2) is 9.71. The van der Waals surface area contributed by atoms with Crippen LogP contribution < -0.4 is 10.6 Å². The molecule has 3 N–H and O–H groups in total. The van der Waals surface area contributed by atoms with Gasteiger partial charge in [0.05, 0.1) is 23.6 Å². The highest BCUT2D eigenvalue weighted by Crippen LogP contribution is 2.32. The number of rotatable bonds is 7. The highest BCUT2D eigenvalue weighted by molar-refractivity contribution is 6.04. The van der Waals surface area contributed by atoms with Crippen molar-refractivity contribution in [3.05, 3.63) is 76.7 Å². The molecule has 4 aromatic rings. The molecule has 0 atom stereocenters. The van der Waals surface area contributed by atoms with E-state index in [1.165, 1.54) is 6.07 Å². The molecule has 2 heterocycles. The predicted molar refractivity (Wildman–Crippen MR) is 125 cm³/mol. The zero-order valence-corrected chi connectivity index (χ0v) is 19.4. The fourth-order valence-electron chi connectivity index (χ4n) is 3.61. The van der Waals surface area contributed by atoms with Crippen LogP contribution in [0.4, 0.5) is 18.9 Å². The molecule has 182 valence electrons. The standard InChI is InChI=1S/C24H24F3N7O/c1-4-28-11-16-7-18(24(25,26)27)10-19(8-16)30-23(35)17-6-5-14(2)22(9-17)34-13-21(32-33-34)20-12-29-31-15(20)3/h5-10,12-13,28H,4,11H2,1-3H3,(H,29,31)(H,30,35). The van der Waals surface area contributed by atoms with Crippen LogP contribution in [0.5, 0.6) is 0 Å². The number of nitrogens with one attached hydrogen (secondary N) is 3. The van der Waals surface area contributed by atoms with Crippen LogP contribution in [-0.2, 0) is 12.7 Å². The Kier molecular flexibility index (Phi) is 6.70. The number of amides is 1. The van der Waals surface area contributed by atoms with Gasteiger partial charge in [0.2, 0.25) is 0 Å². The van der Waals surface area contributed by atoms with Gasteiger partial charge in [0.15, 0.2) is 0 Å². The van der Waals surface area contributed by atoms with Crippen LogP contribution >= 0.6 is 0 Å². The zero-order valence-electron chi connectivity index (χ0n) is 19.4. The van der Waals surface area contributed by atoms with Gasteiger partial charge in [-0.3, -0.25) is 9.89 Å². The van der Waals surface area contributed by atoms with E-state index in [0.29, 0.717) is 23.5 Å². The van der Waals surface area contributed by atoms with Gasteiger partial charge >= 0.3 is 6.18 Å². The number of anilines is 1. The smallest absolute Gasteiger partial charge is 0.322 e. The minimum Gasteiger partial charge on any atom is -0.322 e. The van der Waals surface area contributed by atoms with Gasteiger partial charge in [0, 0.05) is 29.1 Å². The lowest BCUT2D eigenvalue weighted by Gasteiger charge is -2.14. The molecule has 11 heteroatoms. The number of nitrogens with zero attached hydrogens (tertiary/aromatic N) is 4. The summed E-state index contributed by atoms with van der Waals surface area (Å²) in [6.45, 7) is 6.45. The van der Waals surface area contributed by atoms with Crippen LogP contribution in [0.1, 0.15) is 39.7 Å². The van der Waals surface area contributed by atoms with Gasteiger partial charge in [-0.15, -0.1) is 5.10 Å². The summed E-state index contributed by atoms with van der Waals surface area (Å²) in [5.74, 6) is -0.536. The third kappa shape index (κ3) is 5.40. The summed E-state index contributed by atoms with van der Waals surface area (Å²) in [5, 5.41) is 20.8. The number of carbonyl (C=O) groups excluding carboxylic acids is 1. The maximum Gasteiger partial charge on any atom is 0.416 e. The van der Waals surface area contributed by atoms with E-state index >= 15 is 0 Å². The molecule has 0 aliphatic rings. The van der Waals surface area contributed by atoms with Crippen molar-refractivity contribution in [2.45, 2.75) is 33.5 Å². The maximum absolute atomic E-state index is 13.4. The SMILES string of the molecule is CCNCc1cc(NC(=O)c2ccc(C)c(-n3cc(-c4cn[nH]c4C)nn3)c2)cc(C(F)(F)F)c1. The Hall–Kier alpha value is -3.99. The summed E-state index contributed by atoms with van der Waals surface area (Å²) in [7, 11) is 0. The van der Waals surface area contributed by atoms with Crippen molar-refractivity contribution in [1.82, 2.24) is 30.5 Å². The van der Waals surface area contributed by atoms with Gasteiger partial charge in [0.25, 0.3) is 5.91 Å². The molecule has 0 saturated heterocycles. The van der Waals surface area contributed by atoms with Gasteiger partial charge in [-0.2, -0.15) is 18.3 Å². The third-order valence-corrected chi connectivity index (χ3v) is 5.47. The monoisotopic (exact) mass is 483 g/mol. The summed E-state index contributed by atoms with van der Waals surface area (Å²) in [6.07, 6.45) is -1.15. The van der Waals surface area contributed by atoms with Crippen molar-refractivity contribution in [3.63, 3.8) is 0 Å². The van der Waals surface area contributed by atoms with Crippen LogP contribution in [-0.4, -0.2) is 37.6 Å². The number of benzene rings is 2. The fraction of sp³-hybridized carbons (Fsp3) is 0.250. The van der Waals surface area contributed by atoms with Crippen molar-refractivity contribution in [2.75, 3.05) is 11.9 Å². The molecule has 0 spiro atoms. The van der Waals surface area contributed by atoms with Crippen LogP contribution in [0.25, 0.3) is 16.9 Å². The third-order valence-electron chi connectivity index (χ3n) is 5.47. The minimum absolute atomic E-state index is 0.0679. The molecule has 0 fully saturated rings. The van der Waals surface area contributed by atoms with E-state index in [0.717, 1.165) is 29.0 Å². The Morgan fingerprint density at radius 3 is 2.63 bits per heavy atom. The number of carbonyl (C=O) groups is 1. The topological polar surface area (TPSA) is 101 Å². The first-order valence-corrected chi connectivity index (χ1v) is 10.9. The Labute approximate surface area is 199 Å². The van der Waals surface area contributed by atoms with E-state index in [-0.39, 0.29) is 17.8 Å². The summed E-state index contributed by atoms with van der Waals surface area (Å²) >= 11 is 0. The molecule has 0 unspecified atom stereocenters. The lowest BCUT2D eigenvalue weighted by molar-refractivity contribution is -0.137. The van der Waals surface area contributed by atoms with Crippen molar-refractivity contribution < 1.29 is 18.0 Å². The summed E-state index contributed by atoms with van der Waals surface area (Å²) in [5.41, 5.74) is 3.66. The number of hydrogen-bond donors (Lipinski definition) is 3. The number of alkyl halides is 3. The maximum atomic E-state index is 13.4. The summed E-state index contributed by atoms with van der Waals surface area (Å²) in [6, 6.07) is 8.52. The summed E-state index contributed by atoms with van der Waals surface area (Å²) < 4.78 is 41.7. The largest absolute Gasteiger partial charge is 0.416 e. The van der Waals surface area contributed by atoms with Gasteiger partial charge in [-0.1, -0.05) is 18.2 Å². The molecule has 0 radical (unpaired) electrons. The van der Waals surface area contributed by atoms with Crippen LogP contribution in [0, 0.1) is 13.8 Å². The average Bonchev–Trinajstić information content (AvgIpc) is 3.46. The number of hydrogen-bond acceptors (Lipinski definition) is 5. The quantitative estimate of drug-likeness (QED) is 0.355. The number of H-pyrrole nitrogens is 1. The summed E-state index contributed by atoms with van der Waals surface area (Å²) in [4.78, 5) is 13.0. The molecular weight excluding hydrogens is 459 g/mol. The molecule has 0 saturated carbocycles.